The van der Waals surface area contributed by atoms with Crippen LogP contribution in [0.25, 0.3) is 11.1 Å². The maximum atomic E-state index is 10.7. The van der Waals surface area contributed by atoms with Crippen LogP contribution in [0.4, 0.5) is 0 Å². The van der Waals surface area contributed by atoms with Crippen molar-refractivity contribution < 1.29 is 86.4 Å². The van der Waals surface area contributed by atoms with E-state index in [4.69, 9.17) is 35.4 Å². The van der Waals surface area contributed by atoms with Crippen LogP contribution in [0.2, 0.25) is 0 Å². The molecule has 136 heavy (non-hydrogen) atoms. The molecule has 16 N–H and O–H groups in total. The van der Waals surface area contributed by atoms with Crippen molar-refractivity contribution in [1.82, 2.24) is 0 Å². The highest BCUT2D eigenvalue weighted by Crippen LogP contribution is 2.46. The number of hydrogen-bond donors (Lipinski definition) is 16. The van der Waals surface area contributed by atoms with Crippen molar-refractivity contribution in [2.24, 2.45) is 5.41 Å². The molecule has 0 aliphatic rings. The monoisotopic (exact) mass is 1830 g/mol. The largest absolute Gasteiger partial charge is 0.508 e. The van der Waals surface area contributed by atoms with Gasteiger partial charge in [-0.1, -0.05) is 212 Å². The van der Waals surface area contributed by atoms with Crippen molar-refractivity contribution in [2.75, 3.05) is 0 Å². The first-order valence-corrected chi connectivity index (χ1v) is 44.8. The van der Waals surface area contributed by atoms with Crippen LogP contribution in [0, 0.1) is 60.8 Å². The Balaban J connectivity index is 0.000000176. The van der Waals surface area contributed by atoms with E-state index in [9.17, 15) is 51.1 Å². The van der Waals surface area contributed by atoms with Gasteiger partial charge in [0.1, 0.15) is 103 Å². The number of phenolic OH excluding ortho intramolecular Hbond substituents is 16. The predicted molar refractivity (Wildman–Crippen MR) is 545 cm³/mol. The number of para-hydroxylation sites is 1. The summed E-state index contributed by atoms with van der Waals surface area (Å²) in [4.78, 5) is 0. The molecule has 0 fully saturated rings. The quantitative estimate of drug-likeness (QED) is 0.0400. The number of aryl methyl sites for hydroxylation is 4. The average molecular weight is 1830 g/mol. The van der Waals surface area contributed by atoms with Gasteiger partial charge < -0.3 is 86.4 Å². The number of aromatic hydroxyl groups is 16. The molecule has 16 rings (SSSR count). The molecule has 0 spiro atoms. The average Bonchev–Trinajstić information content (AvgIpc) is 0.756. The Morgan fingerprint density at radius 1 is 0.243 bits per heavy atom. The molecule has 0 unspecified atom stereocenters. The van der Waals surface area contributed by atoms with Crippen molar-refractivity contribution >= 4 is 0 Å². The molecule has 16 aromatic carbocycles. The van der Waals surface area contributed by atoms with Gasteiger partial charge in [0.25, 0.3) is 0 Å². The molecule has 704 valence electrons. The molecule has 0 saturated heterocycles. The Kier molecular flexibility index (Phi) is 37.0. The van der Waals surface area contributed by atoms with Crippen molar-refractivity contribution in [3.63, 3.8) is 0 Å². The highest BCUT2D eigenvalue weighted by Gasteiger charge is 2.29. The molecule has 16 aromatic rings. The molecule has 0 heterocycles. The van der Waals surface area contributed by atoms with Crippen molar-refractivity contribution in [2.45, 2.75) is 146 Å². The first kappa shape index (κ1) is 104. The Morgan fingerprint density at radius 3 is 0.787 bits per heavy atom. The Bertz CT molecular complexity index is 5940. The van der Waals surface area contributed by atoms with Crippen LogP contribution >= 0.6 is 0 Å². The second kappa shape index (κ2) is 48.5. The van der Waals surface area contributed by atoms with Crippen LogP contribution in [0.3, 0.4) is 0 Å². The first-order chi connectivity index (χ1) is 64.5. The van der Waals surface area contributed by atoms with Crippen LogP contribution in [0.1, 0.15) is 184 Å². The summed E-state index contributed by atoms with van der Waals surface area (Å²) in [5.41, 5.74) is 22.9. The first-order valence-electron chi connectivity index (χ1n) is 44.8. The zero-order valence-corrected chi connectivity index (χ0v) is 79.7. The fourth-order valence-electron chi connectivity index (χ4n) is 15.6. The van der Waals surface area contributed by atoms with E-state index >= 15 is 0 Å². The molecule has 0 amide bonds. The second-order valence-corrected chi connectivity index (χ2v) is 35.8. The molecular weight excluding hydrogens is 1700 g/mol. The van der Waals surface area contributed by atoms with Crippen LogP contribution in [-0.2, 0) is 18.3 Å². The van der Waals surface area contributed by atoms with E-state index in [2.05, 4.69) is 48.5 Å². The minimum Gasteiger partial charge on any atom is -0.508 e. The molecule has 0 aromatic heterocycles. The summed E-state index contributed by atoms with van der Waals surface area (Å²) in [6, 6.07) is 100. The van der Waals surface area contributed by atoms with Crippen LogP contribution in [0.5, 0.6) is 103 Å². The molecule has 0 saturated carbocycles. The number of rotatable bonds is 16. The van der Waals surface area contributed by atoms with Gasteiger partial charge in [-0.05, 0) is 378 Å². The predicted octanol–water partition coefficient (Wildman–Crippen LogP) is 28.1. The summed E-state index contributed by atoms with van der Waals surface area (Å²) >= 11 is 0. The lowest BCUT2D eigenvalue weighted by Crippen LogP contribution is -2.24. The van der Waals surface area contributed by atoms with Gasteiger partial charge in [-0.3, -0.25) is 0 Å². The van der Waals surface area contributed by atoms with Gasteiger partial charge >= 0.3 is 0 Å². The maximum absolute atomic E-state index is 10.7. The van der Waals surface area contributed by atoms with Gasteiger partial charge in [-0.2, -0.15) is 0 Å². The number of hydrogen-bond acceptors (Lipinski definition) is 17. The van der Waals surface area contributed by atoms with E-state index in [-0.39, 0.29) is 86.4 Å². The van der Waals surface area contributed by atoms with Gasteiger partial charge in [-0.15, -0.1) is 0 Å². The third-order valence-electron chi connectivity index (χ3n) is 23.4. The van der Waals surface area contributed by atoms with Crippen molar-refractivity contribution in [3.05, 3.63) is 451 Å². The number of phenols is 16. The molecule has 0 atom stereocenters. The molecule has 0 bridgehead atoms. The van der Waals surface area contributed by atoms with Gasteiger partial charge in [0.15, 0.2) is 0 Å². The summed E-state index contributed by atoms with van der Waals surface area (Å²) < 4.78 is 5.47. The van der Waals surface area contributed by atoms with Crippen LogP contribution < -0.4 is 4.74 Å². The van der Waals surface area contributed by atoms with Gasteiger partial charge in [0.05, 0.1) is 0 Å². The second-order valence-electron chi connectivity index (χ2n) is 35.8. The summed E-state index contributed by atoms with van der Waals surface area (Å²) in [6.07, 6.45) is 2.74. The minimum atomic E-state index is -0.211. The lowest BCUT2D eigenvalue weighted by molar-refractivity contribution is 0.284. The van der Waals surface area contributed by atoms with E-state index < -0.39 is 0 Å². The van der Waals surface area contributed by atoms with E-state index in [1.165, 1.54) is 5.56 Å². The Labute approximate surface area is 799 Å². The number of ether oxygens (including phenoxy) is 1. The van der Waals surface area contributed by atoms with E-state index in [1.807, 2.05) is 219 Å². The molecule has 0 radical (unpaired) electrons. The summed E-state index contributed by atoms with van der Waals surface area (Å²) in [6.45, 7) is 30.9. The highest BCUT2D eigenvalue weighted by atomic mass is 16.5. The lowest BCUT2D eigenvalue weighted by Gasteiger charge is -2.33. The van der Waals surface area contributed by atoms with Gasteiger partial charge in [0, 0.05) is 23.3 Å². The molecule has 0 aliphatic carbocycles. The number of benzene rings is 16. The summed E-state index contributed by atoms with van der Waals surface area (Å²) in [5, 5.41) is 151. The molecule has 17 nitrogen and oxygen atoms in total. The fourth-order valence-corrected chi connectivity index (χ4v) is 15.6. The third-order valence-corrected chi connectivity index (χ3v) is 23.4. The maximum Gasteiger partial charge on any atom is 0.127 e. The lowest BCUT2D eigenvalue weighted by atomic mass is 9.72. The smallest absolute Gasteiger partial charge is 0.127 e. The summed E-state index contributed by atoms with van der Waals surface area (Å²) in [7, 11) is 0. The van der Waals surface area contributed by atoms with Crippen LogP contribution in [-0.4, -0.2) is 81.7 Å². The third kappa shape index (κ3) is 31.4. The van der Waals surface area contributed by atoms with Crippen LogP contribution in [0.15, 0.2) is 340 Å². The zero-order chi connectivity index (χ0) is 99.3. The topological polar surface area (TPSA) is 333 Å². The minimum absolute atomic E-state index is 0.159. The van der Waals surface area contributed by atoms with Gasteiger partial charge in [-0.25, -0.2) is 0 Å². The highest BCUT2D eigenvalue weighted by molar-refractivity contribution is 5.65. The Hall–Kier alpha value is -15.9. The normalized spacial score (nSPS) is 10.8. The van der Waals surface area contributed by atoms with E-state index in [0.29, 0.717) is 45.7 Å². The molecular formula is C119H126O17. The zero-order valence-electron chi connectivity index (χ0n) is 79.7. The van der Waals surface area contributed by atoms with Crippen molar-refractivity contribution in [1.29, 1.82) is 0 Å². The fraction of sp³-hybridized carbons (Fsp3) is 0.193. The SMILES string of the molecule is CC(C)(C)CC(C)(C)c1ccc(O)cc1.CC(c1ccc(O)cc1)c1ccc(O)cc1.CC(c1ccc(O)cc1)c1ccc(O)cc1.Cc1cc(C(c2ccccc2O)c2cc(C)c(O)c(C)c2C)c(C)c(C)c1O.Cc1cc(Cc2ccc(O)c(C)c2)ccc1O.Oc1ccc(-c2ccc(O)cc2)cc1.Oc1ccc(Cc2ccc(O)cc2)cc1.Oc1ccc(Oc2ccc(O)cc2)cc1. The Morgan fingerprint density at radius 2 is 0.500 bits per heavy atom. The van der Waals surface area contributed by atoms with E-state index in [1.54, 1.807) is 176 Å². The van der Waals surface area contributed by atoms with Gasteiger partial charge in [0.2, 0.25) is 0 Å². The molecule has 0 aliphatic heterocycles. The molecule has 17 heteroatoms. The van der Waals surface area contributed by atoms with Crippen molar-refractivity contribution in [3.8, 4) is 115 Å². The standard InChI is InChI=1S/C25H28O3.C15H16O2.2C14H14O2.C14H22O.C13H12O2.C12H10O3.C12H10O2/c1-13-11-20(15(3)17(5)24(13)27)23(19-9-7-8-10-22(19)26)21-12-14(2)25(28)18(6)16(21)4;1-10-7-12(3-5-14(10)16)9-13-4-6-15(17)11(2)8-13;2*1-10(11-2-6-13(15)7-3-11)12-4-8-14(16)9-5-12;1-13(2,3)10-14(4,5)11-6-8-12(15)9-7-11;14-12-5-1-10(2-6-12)9-11-3-7-13(15)8-4-11;13-9-1-5-11(6-2-9)15-12-7-3-10(14)4-8-12;13-11-5-1-9(2-6-11)10-3-7-12(14)8-4-10/h7-12,23,26-28H,1-6H3;3-8,16-17H,9H2,1-2H3;2*2-10,15-16H,1H3;6-9,15H,10H2,1-5H3;1-8,14-15H,9H2;1-8,13-14H;1-8,13-14H. The summed E-state index contributed by atoms with van der Waals surface area (Å²) in [5.74, 6) is 6.02. The van der Waals surface area contributed by atoms with E-state index in [0.717, 1.165) is 136 Å².